The fourth-order valence-corrected chi connectivity index (χ4v) is 2.26. The Hall–Kier alpha value is -2.71. The molecule has 4 nitrogen and oxygen atoms in total. The lowest BCUT2D eigenvalue weighted by Crippen LogP contribution is -2.04. The zero-order valence-corrected chi connectivity index (χ0v) is 12.1. The minimum atomic E-state index is 0.639. The van der Waals surface area contributed by atoms with Crippen LogP contribution in [-0.2, 0) is 0 Å². The van der Waals surface area contributed by atoms with Crippen LogP contribution >= 0.6 is 11.3 Å². The fraction of sp³-hybridized carbons (Fsp3) is 0.0625. The Morgan fingerprint density at radius 2 is 2.05 bits per heavy atom. The van der Waals surface area contributed by atoms with Gasteiger partial charge < -0.3 is 4.74 Å². The Kier molecular flexibility index (Phi) is 3.90. The smallest absolute Gasteiger partial charge is 0.266 e. The van der Waals surface area contributed by atoms with Gasteiger partial charge in [0, 0.05) is 30.8 Å². The fourth-order valence-electron chi connectivity index (χ4n) is 1.68. The third-order valence-electron chi connectivity index (χ3n) is 2.59. The number of pyridine rings is 2. The Morgan fingerprint density at radius 3 is 2.81 bits per heavy atom. The molecule has 21 heavy (non-hydrogen) atoms. The van der Waals surface area contributed by atoms with E-state index in [1.807, 2.05) is 30.5 Å². The van der Waals surface area contributed by atoms with Gasteiger partial charge in [0.05, 0.1) is 17.8 Å². The van der Waals surface area contributed by atoms with Gasteiger partial charge in [-0.25, -0.2) is 0 Å². The molecule has 0 fully saturated rings. The summed E-state index contributed by atoms with van der Waals surface area (Å²) in [6, 6.07) is 5.52. The van der Waals surface area contributed by atoms with E-state index in [0.29, 0.717) is 11.5 Å². The first-order valence-electron chi connectivity index (χ1n) is 6.32. The van der Waals surface area contributed by atoms with E-state index in [9.17, 15) is 0 Å². The molecule has 3 rings (SSSR count). The van der Waals surface area contributed by atoms with E-state index in [1.165, 1.54) is 0 Å². The first-order chi connectivity index (χ1) is 10.3. The van der Waals surface area contributed by atoms with E-state index in [1.54, 1.807) is 36.1 Å². The summed E-state index contributed by atoms with van der Waals surface area (Å²) in [6.45, 7) is 2.01. The van der Waals surface area contributed by atoms with E-state index in [4.69, 9.17) is 4.74 Å². The molecule has 0 spiro atoms. The summed E-state index contributed by atoms with van der Waals surface area (Å²) in [5, 5.41) is 3.12. The molecule has 0 aliphatic carbocycles. The third-order valence-corrected chi connectivity index (χ3v) is 3.40. The Morgan fingerprint density at radius 1 is 1.14 bits per heavy atom. The number of nitrogens with zero attached hydrogens (tertiary/aromatic N) is 2. The lowest BCUT2D eigenvalue weighted by atomic mass is 10.2. The lowest BCUT2D eigenvalue weighted by Gasteiger charge is -2.03. The zero-order chi connectivity index (χ0) is 14.5. The maximum atomic E-state index is 5.68. The van der Waals surface area contributed by atoms with Crippen molar-refractivity contribution in [2.45, 2.75) is 6.92 Å². The van der Waals surface area contributed by atoms with Crippen molar-refractivity contribution in [3.63, 3.8) is 0 Å². The molecule has 3 aromatic heterocycles. The van der Waals surface area contributed by atoms with Crippen LogP contribution in [0.15, 0.2) is 48.4 Å². The monoisotopic (exact) mass is 294 g/mol. The van der Waals surface area contributed by atoms with Crippen molar-refractivity contribution in [1.29, 1.82) is 0 Å². The number of aromatic nitrogens is 3. The van der Waals surface area contributed by atoms with Crippen molar-refractivity contribution in [2.24, 2.45) is 0 Å². The van der Waals surface area contributed by atoms with E-state index in [-0.39, 0.29) is 0 Å². The van der Waals surface area contributed by atoms with E-state index < -0.39 is 0 Å². The van der Waals surface area contributed by atoms with Crippen molar-refractivity contribution in [3.05, 3.63) is 64.6 Å². The van der Waals surface area contributed by atoms with Gasteiger partial charge in [0.15, 0.2) is 0 Å². The Balaban J connectivity index is 1.79. The molecule has 3 heterocycles. The molecule has 0 aliphatic heterocycles. The van der Waals surface area contributed by atoms with Crippen molar-refractivity contribution >= 4 is 11.3 Å². The van der Waals surface area contributed by atoms with Crippen molar-refractivity contribution < 1.29 is 9.72 Å². The number of thiazole rings is 1. The second-order valence-electron chi connectivity index (χ2n) is 4.28. The van der Waals surface area contributed by atoms with Gasteiger partial charge in [-0.3, -0.25) is 9.97 Å². The summed E-state index contributed by atoms with van der Waals surface area (Å²) in [5.41, 5.74) is 1.70. The second-order valence-corrected chi connectivity index (χ2v) is 5.36. The van der Waals surface area contributed by atoms with Gasteiger partial charge in [0.25, 0.3) is 5.69 Å². The van der Waals surface area contributed by atoms with Crippen LogP contribution in [0.2, 0.25) is 0 Å². The van der Waals surface area contributed by atoms with Crippen molar-refractivity contribution in [3.8, 4) is 23.3 Å². The highest BCUT2D eigenvalue weighted by Crippen LogP contribution is 2.19. The molecule has 1 N–H and O–H groups in total. The van der Waals surface area contributed by atoms with Gasteiger partial charge in [-0.15, -0.1) is 0 Å². The quantitative estimate of drug-likeness (QED) is 0.683. The first-order valence-corrected chi connectivity index (χ1v) is 7.20. The van der Waals surface area contributed by atoms with Crippen LogP contribution < -0.4 is 9.72 Å². The number of ether oxygens (including phenoxy) is 1. The average molecular weight is 294 g/mol. The van der Waals surface area contributed by atoms with E-state index in [2.05, 4.69) is 26.8 Å². The van der Waals surface area contributed by atoms with E-state index in [0.717, 1.165) is 16.3 Å². The first kappa shape index (κ1) is 13.3. The van der Waals surface area contributed by atoms with E-state index >= 15 is 0 Å². The van der Waals surface area contributed by atoms with Gasteiger partial charge >= 0.3 is 0 Å². The van der Waals surface area contributed by atoms with Crippen LogP contribution in [0.1, 0.15) is 16.3 Å². The number of hydrogen-bond acceptors (Lipinski definition) is 4. The van der Waals surface area contributed by atoms with Crippen LogP contribution in [0, 0.1) is 18.8 Å². The predicted octanol–water partition coefficient (Wildman–Crippen LogP) is 2.85. The molecule has 0 radical (unpaired) electrons. The maximum absolute atomic E-state index is 5.68. The number of hydrogen-bond donors (Lipinski definition) is 0. The molecule has 0 unspecified atom stereocenters. The molecule has 102 valence electrons. The minimum Gasteiger partial charge on any atom is -0.454 e. The number of aryl methyl sites for hydroxylation is 1. The highest BCUT2D eigenvalue weighted by Gasteiger charge is 2.02. The van der Waals surface area contributed by atoms with Crippen LogP contribution in [0.3, 0.4) is 0 Å². The molecule has 3 aromatic rings. The summed E-state index contributed by atoms with van der Waals surface area (Å²) in [4.78, 5) is 11.3. The largest absolute Gasteiger partial charge is 0.454 e. The molecular weight excluding hydrogens is 282 g/mol. The molecule has 0 bridgehead atoms. The summed E-state index contributed by atoms with van der Waals surface area (Å²) in [5.74, 6) is 7.45. The average Bonchev–Trinajstić information content (AvgIpc) is 2.92. The SMILES string of the molecule is Cc1[nH+]c(C#Cc2cncc(Oc3cccnc3)c2)cs1. The predicted molar refractivity (Wildman–Crippen MR) is 80.1 cm³/mol. The molecule has 0 saturated heterocycles. The summed E-state index contributed by atoms with van der Waals surface area (Å²) in [6.07, 6.45) is 6.72. The second kappa shape index (κ2) is 6.16. The molecule has 0 aromatic carbocycles. The highest BCUT2D eigenvalue weighted by atomic mass is 32.1. The normalized spacial score (nSPS) is 9.76. The number of H-pyrrole nitrogens is 1. The lowest BCUT2D eigenvalue weighted by molar-refractivity contribution is -0.383. The topological polar surface area (TPSA) is 49.2 Å². The van der Waals surface area contributed by atoms with Crippen LogP contribution in [0.5, 0.6) is 11.5 Å². The van der Waals surface area contributed by atoms with Gasteiger partial charge in [0.2, 0.25) is 5.01 Å². The summed E-state index contributed by atoms with van der Waals surface area (Å²) < 4.78 is 5.68. The van der Waals surface area contributed by atoms with Crippen LogP contribution in [0.4, 0.5) is 0 Å². The van der Waals surface area contributed by atoms with Gasteiger partial charge in [-0.2, -0.15) is 4.98 Å². The van der Waals surface area contributed by atoms with Gasteiger partial charge in [-0.05, 0) is 18.2 Å². The van der Waals surface area contributed by atoms with Crippen LogP contribution in [0.25, 0.3) is 0 Å². The number of aromatic amines is 1. The molecule has 0 aliphatic rings. The number of nitrogens with one attached hydrogen (secondary N) is 1. The molecule has 0 amide bonds. The summed E-state index contributed by atoms with van der Waals surface area (Å²) in [7, 11) is 0. The van der Waals surface area contributed by atoms with Gasteiger partial charge in [-0.1, -0.05) is 17.3 Å². The summed E-state index contributed by atoms with van der Waals surface area (Å²) >= 11 is 1.64. The highest BCUT2D eigenvalue weighted by molar-refractivity contribution is 7.09. The van der Waals surface area contributed by atoms with Gasteiger partial charge in [0.1, 0.15) is 11.5 Å². The van der Waals surface area contributed by atoms with Crippen molar-refractivity contribution in [1.82, 2.24) is 9.97 Å². The van der Waals surface area contributed by atoms with Crippen molar-refractivity contribution in [2.75, 3.05) is 0 Å². The Bertz CT molecular complexity index is 803. The molecular formula is C16H12N3OS+. The molecule has 0 saturated carbocycles. The molecule has 5 heteroatoms. The number of rotatable bonds is 2. The Labute approximate surface area is 126 Å². The third kappa shape index (κ3) is 3.65. The molecule has 0 atom stereocenters. The maximum Gasteiger partial charge on any atom is 0.266 e. The van der Waals surface area contributed by atoms with Crippen LogP contribution in [-0.4, -0.2) is 9.97 Å². The standard InChI is InChI=1S/C16H11N3OS/c1-12-19-14(11-21-12)5-4-13-7-16(10-18-8-13)20-15-3-2-6-17-9-15/h2-3,6-11H,1H3/p+1. The zero-order valence-electron chi connectivity index (χ0n) is 11.3. The minimum absolute atomic E-state index is 0.639.